The summed E-state index contributed by atoms with van der Waals surface area (Å²) < 4.78 is 15.5. The Morgan fingerprint density at radius 3 is 3.11 bits per heavy atom. The van der Waals surface area contributed by atoms with Gasteiger partial charge < -0.3 is 30.5 Å². The number of fused-ring (bicyclic) bond motifs is 1. The van der Waals surface area contributed by atoms with E-state index in [1.54, 1.807) is 4.90 Å². The van der Waals surface area contributed by atoms with Crippen molar-refractivity contribution in [2.75, 3.05) is 19.5 Å². The van der Waals surface area contributed by atoms with E-state index in [4.69, 9.17) is 20.3 Å². The summed E-state index contributed by atoms with van der Waals surface area (Å²) in [5.41, 5.74) is 6.37. The second-order valence-corrected chi connectivity index (χ2v) is 5.37. The van der Waals surface area contributed by atoms with Crippen molar-refractivity contribution in [2.24, 2.45) is 15.7 Å². The fourth-order valence-corrected chi connectivity index (χ4v) is 1.95. The number of nitrogens with two attached hydrogens (primary N) is 1. The molecule has 18 heavy (non-hydrogen) atoms. The summed E-state index contributed by atoms with van der Waals surface area (Å²) in [7, 11) is -4.11. The Kier molecular flexibility index (Phi) is 3.67. The lowest BCUT2D eigenvalue weighted by atomic mass is 10.3. The summed E-state index contributed by atoms with van der Waals surface area (Å²) in [6.45, 7) is 0.570. The van der Waals surface area contributed by atoms with Crippen LogP contribution < -0.4 is 11.1 Å². The molecule has 0 saturated carbocycles. The second kappa shape index (κ2) is 5.07. The van der Waals surface area contributed by atoms with Crippen molar-refractivity contribution >= 4 is 20.3 Å². The first kappa shape index (κ1) is 13.0. The maximum atomic E-state index is 10.6. The summed E-state index contributed by atoms with van der Waals surface area (Å²) in [6, 6.07) is 0. The fourth-order valence-electron chi connectivity index (χ4n) is 1.59. The quantitative estimate of drug-likeness (QED) is 0.357. The van der Waals surface area contributed by atoms with Gasteiger partial charge in [0.2, 0.25) is 0 Å². The Labute approximate surface area is 103 Å². The molecule has 10 heteroatoms. The molecule has 2 heterocycles. The van der Waals surface area contributed by atoms with Crippen LogP contribution >= 0.6 is 7.60 Å². The average Bonchev–Trinajstić information content (AvgIpc) is 2.75. The molecule has 0 bridgehead atoms. The van der Waals surface area contributed by atoms with Crippen molar-refractivity contribution in [2.45, 2.75) is 6.17 Å². The average molecular weight is 275 g/mol. The van der Waals surface area contributed by atoms with Gasteiger partial charge in [-0.25, -0.2) is 9.98 Å². The molecular weight excluding hydrogens is 261 g/mol. The normalized spacial score (nSPS) is 22.3. The number of aliphatic imine (C=N–C) groups is 2. The molecule has 100 valence electrons. The van der Waals surface area contributed by atoms with Crippen molar-refractivity contribution < 1.29 is 19.1 Å². The van der Waals surface area contributed by atoms with E-state index in [0.29, 0.717) is 18.1 Å². The fraction of sp³-hybridized carbons (Fsp3) is 0.500. The molecule has 0 aromatic carbocycles. The van der Waals surface area contributed by atoms with Gasteiger partial charge in [-0.3, -0.25) is 4.57 Å². The van der Waals surface area contributed by atoms with Gasteiger partial charge in [0, 0.05) is 6.54 Å². The van der Waals surface area contributed by atoms with Gasteiger partial charge in [0.25, 0.3) is 0 Å². The Bertz CT molecular complexity index is 456. The summed E-state index contributed by atoms with van der Waals surface area (Å²) in [4.78, 5) is 27.2. The molecule has 0 radical (unpaired) electrons. The predicted octanol–water partition coefficient (Wildman–Crippen LogP) is -1.43. The third-order valence-electron chi connectivity index (χ3n) is 2.38. The van der Waals surface area contributed by atoms with Crippen LogP contribution in [0.25, 0.3) is 0 Å². The minimum atomic E-state index is -4.11. The highest BCUT2D eigenvalue weighted by Gasteiger charge is 2.28. The largest absolute Gasteiger partial charge is 0.382 e. The molecule has 5 N–H and O–H groups in total. The Morgan fingerprint density at radius 1 is 1.61 bits per heavy atom. The van der Waals surface area contributed by atoms with Crippen molar-refractivity contribution in [3.05, 3.63) is 11.5 Å². The molecule has 1 unspecified atom stereocenters. The number of ether oxygens (including phenoxy) is 1. The first-order valence-corrected chi connectivity index (χ1v) is 6.97. The maximum Gasteiger partial charge on any atom is 0.350 e. The minimum Gasteiger partial charge on any atom is -0.382 e. The zero-order valence-electron chi connectivity index (χ0n) is 9.43. The smallest absolute Gasteiger partial charge is 0.350 e. The first-order valence-electron chi connectivity index (χ1n) is 5.17. The molecule has 0 spiro atoms. The SMILES string of the molecule is NC1=C2NC=NC2N(CCOCP(=O)(O)O)C=N1. The van der Waals surface area contributed by atoms with Gasteiger partial charge in [0.15, 0.2) is 6.17 Å². The molecule has 2 aliphatic heterocycles. The van der Waals surface area contributed by atoms with E-state index in [1.807, 2.05) is 0 Å². The molecule has 9 nitrogen and oxygen atoms in total. The Balaban J connectivity index is 1.83. The van der Waals surface area contributed by atoms with Crippen LogP contribution in [0.2, 0.25) is 0 Å². The van der Waals surface area contributed by atoms with Crippen molar-refractivity contribution in [3.8, 4) is 0 Å². The van der Waals surface area contributed by atoms with Crippen LogP contribution in [0.5, 0.6) is 0 Å². The molecule has 0 saturated heterocycles. The number of nitrogens with one attached hydrogen (secondary N) is 1. The lowest BCUT2D eigenvalue weighted by Crippen LogP contribution is -2.40. The summed E-state index contributed by atoms with van der Waals surface area (Å²) in [5.74, 6) is 0.380. The molecule has 0 aromatic heterocycles. The molecule has 0 fully saturated rings. The van der Waals surface area contributed by atoms with E-state index >= 15 is 0 Å². The van der Waals surface area contributed by atoms with E-state index in [0.717, 1.165) is 0 Å². The van der Waals surface area contributed by atoms with E-state index in [1.165, 1.54) is 12.7 Å². The molecule has 1 atom stereocenters. The molecule has 0 aromatic rings. The van der Waals surface area contributed by atoms with Gasteiger partial charge in [-0.2, -0.15) is 0 Å². The van der Waals surface area contributed by atoms with Gasteiger partial charge in [0.1, 0.15) is 17.9 Å². The van der Waals surface area contributed by atoms with Gasteiger partial charge in [-0.1, -0.05) is 0 Å². The van der Waals surface area contributed by atoms with E-state index in [-0.39, 0.29) is 12.8 Å². The topological polar surface area (TPSA) is 133 Å². The molecule has 0 amide bonds. The lowest BCUT2D eigenvalue weighted by molar-refractivity contribution is 0.137. The third kappa shape index (κ3) is 3.08. The highest BCUT2D eigenvalue weighted by Crippen LogP contribution is 2.33. The molecule has 2 aliphatic rings. The maximum absolute atomic E-state index is 10.6. The van der Waals surface area contributed by atoms with Crippen molar-refractivity contribution in [1.82, 2.24) is 10.2 Å². The van der Waals surface area contributed by atoms with Gasteiger partial charge in [0.05, 0.1) is 19.3 Å². The number of hydrogen-bond acceptors (Lipinski definition) is 7. The Hall–Kier alpha value is -1.41. The summed E-state index contributed by atoms with van der Waals surface area (Å²) in [6.07, 6.45) is 2.22. The second-order valence-electron chi connectivity index (χ2n) is 3.78. The van der Waals surface area contributed by atoms with Crippen molar-refractivity contribution in [1.29, 1.82) is 0 Å². The summed E-state index contributed by atoms with van der Waals surface area (Å²) in [5, 5.41) is 2.90. The highest BCUT2D eigenvalue weighted by molar-refractivity contribution is 7.51. The van der Waals surface area contributed by atoms with Crippen LogP contribution in [0.3, 0.4) is 0 Å². The van der Waals surface area contributed by atoms with E-state index in [9.17, 15) is 4.57 Å². The number of hydrogen-bond donors (Lipinski definition) is 4. The third-order valence-corrected chi connectivity index (χ3v) is 2.90. The van der Waals surface area contributed by atoms with Crippen LogP contribution in [0.4, 0.5) is 0 Å². The monoisotopic (exact) mass is 275 g/mol. The zero-order valence-corrected chi connectivity index (χ0v) is 10.3. The van der Waals surface area contributed by atoms with Gasteiger partial charge in [-0.05, 0) is 0 Å². The number of nitrogens with zero attached hydrogens (tertiary/aromatic N) is 3. The van der Waals surface area contributed by atoms with E-state index in [2.05, 4.69) is 15.3 Å². The predicted molar refractivity (Wildman–Crippen MR) is 64.7 cm³/mol. The highest BCUT2D eigenvalue weighted by atomic mass is 31.2. The number of rotatable bonds is 5. The van der Waals surface area contributed by atoms with Gasteiger partial charge in [-0.15, -0.1) is 0 Å². The first-order chi connectivity index (χ1) is 8.47. The molecule has 2 rings (SSSR count). The Morgan fingerprint density at radius 2 is 2.39 bits per heavy atom. The van der Waals surface area contributed by atoms with Crippen molar-refractivity contribution in [3.63, 3.8) is 0 Å². The van der Waals surface area contributed by atoms with Crippen LogP contribution in [-0.4, -0.2) is 53.0 Å². The molecule has 0 aliphatic carbocycles. The van der Waals surface area contributed by atoms with Crippen LogP contribution in [-0.2, 0) is 9.30 Å². The minimum absolute atomic E-state index is 0.163. The standard InChI is InChI=1S/C8H14N5O4P/c9-7-6-8(11-3-10-6)13(4-12-7)1-2-17-5-18(14,15)16/h3-4,8H,1-2,5,9H2,(H,10,11)(H2,14,15,16). The van der Waals surface area contributed by atoms with Crippen LogP contribution in [0.15, 0.2) is 21.5 Å². The van der Waals surface area contributed by atoms with E-state index < -0.39 is 13.9 Å². The lowest BCUT2D eigenvalue weighted by Gasteiger charge is -2.28. The summed E-state index contributed by atoms with van der Waals surface area (Å²) >= 11 is 0. The molecular formula is C8H14N5O4P. The van der Waals surface area contributed by atoms with Gasteiger partial charge >= 0.3 is 7.60 Å². The van der Waals surface area contributed by atoms with Crippen LogP contribution in [0.1, 0.15) is 0 Å². The van der Waals surface area contributed by atoms with Crippen LogP contribution in [0, 0.1) is 0 Å². The zero-order chi connectivity index (χ0) is 13.2.